The Morgan fingerprint density at radius 3 is 2.75 bits per heavy atom. The number of piperidine rings is 1. The zero-order valence-corrected chi connectivity index (χ0v) is 13.6. The van der Waals surface area contributed by atoms with E-state index in [1.165, 1.54) is 0 Å². The number of fused-ring (bicyclic) bond motifs is 1. The molecule has 0 aliphatic carbocycles. The van der Waals surface area contributed by atoms with Crippen LogP contribution in [0.5, 0.6) is 0 Å². The summed E-state index contributed by atoms with van der Waals surface area (Å²) < 4.78 is 5.15. The lowest BCUT2D eigenvalue weighted by Gasteiger charge is -2.34. The molecule has 0 unspecified atom stereocenters. The van der Waals surface area contributed by atoms with E-state index in [0.717, 1.165) is 30.5 Å². The Labute approximate surface area is 140 Å². The molecule has 1 aliphatic rings. The lowest BCUT2D eigenvalue weighted by Crippen LogP contribution is -2.39. The molecule has 126 valence electrons. The summed E-state index contributed by atoms with van der Waals surface area (Å²) in [6.07, 6.45) is 1.72. The van der Waals surface area contributed by atoms with E-state index in [1.807, 2.05) is 19.1 Å². The summed E-state index contributed by atoms with van der Waals surface area (Å²) in [4.78, 5) is 25.1. The first-order chi connectivity index (χ1) is 11.6. The molecule has 24 heavy (non-hydrogen) atoms. The summed E-state index contributed by atoms with van der Waals surface area (Å²) >= 11 is 0. The number of anilines is 1. The van der Waals surface area contributed by atoms with Crippen molar-refractivity contribution in [3.05, 3.63) is 46.5 Å². The first-order valence-electron chi connectivity index (χ1n) is 8.19. The molecule has 0 spiro atoms. The van der Waals surface area contributed by atoms with Gasteiger partial charge in [0.15, 0.2) is 0 Å². The standard InChI is InChI=1S/C18H20N2O4/c1-2-24-18(21)13-6-5-11-19(12-13)16-9-10-17(20(22)23)15-8-4-3-7-14(15)16/h3-4,7-10,13H,2,5-6,11-12H2,1H3/t13-/m0/s1. The molecule has 2 aromatic rings. The molecule has 0 bridgehead atoms. The van der Waals surface area contributed by atoms with Gasteiger partial charge >= 0.3 is 5.97 Å². The topological polar surface area (TPSA) is 72.7 Å². The van der Waals surface area contributed by atoms with Crippen molar-refractivity contribution in [2.75, 3.05) is 24.6 Å². The van der Waals surface area contributed by atoms with Gasteiger partial charge in [0.25, 0.3) is 5.69 Å². The molecule has 0 amide bonds. The second kappa shape index (κ2) is 6.86. The molecule has 0 N–H and O–H groups in total. The van der Waals surface area contributed by atoms with E-state index >= 15 is 0 Å². The fourth-order valence-electron chi connectivity index (χ4n) is 3.35. The molecule has 6 nitrogen and oxygen atoms in total. The SMILES string of the molecule is CCOC(=O)[C@H]1CCCN(c2ccc([N+](=O)[O-])c3ccccc23)C1. The minimum atomic E-state index is -0.357. The number of rotatable bonds is 4. The molecule has 0 radical (unpaired) electrons. The molecular formula is C18H20N2O4. The van der Waals surface area contributed by atoms with E-state index in [0.29, 0.717) is 18.5 Å². The third kappa shape index (κ3) is 3.04. The van der Waals surface area contributed by atoms with Crippen molar-refractivity contribution in [1.82, 2.24) is 0 Å². The number of ether oxygens (including phenoxy) is 1. The van der Waals surface area contributed by atoms with Crippen molar-refractivity contribution in [2.45, 2.75) is 19.8 Å². The van der Waals surface area contributed by atoms with Crippen molar-refractivity contribution in [1.29, 1.82) is 0 Å². The number of nitro groups is 1. The maximum absolute atomic E-state index is 12.0. The molecule has 0 aromatic heterocycles. The van der Waals surface area contributed by atoms with Gasteiger partial charge < -0.3 is 9.64 Å². The van der Waals surface area contributed by atoms with Crippen LogP contribution < -0.4 is 4.90 Å². The third-order valence-corrected chi connectivity index (χ3v) is 4.46. The van der Waals surface area contributed by atoms with Crippen molar-refractivity contribution in [3.8, 4) is 0 Å². The average molecular weight is 328 g/mol. The fourth-order valence-corrected chi connectivity index (χ4v) is 3.35. The number of nitrogens with zero attached hydrogens (tertiary/aromatic N) is 2. The Hall–Kier alpha value is -2.63. The minimum absolute atomic E-state index is 0.105. The van der Waals surface area contributed by atoms with Gasteiger partial charge in [-0.15, -0.1) is 0 Å². The van der Waals surface area contributed by atoms with Crippen molar-refractivity contribution >= 4 is 28.1 Å². The average Bonchev–Trinajstić information content (AvgIpc) is 2.61. The highest BCUT2D eigenvalue weighted by Gasteiger charge is 2.28. The Morgan fingerprint density at radius 1 is 1.29 bits per heavy atom. The maximum atomic E-state index is 12.0. The summed E-state index contributed by atoms with van der Waals surface area (Å²) in [7, 11) is 0. The number of carbonyl (C=O) groups excluding carboxylic acids is 1. The minimum Gasteiger partial charge on any atom is -0.466 e. The molecule has 2 aromatic carbocycles. The Morgan fingerprint density at radius 2 is 2.04 bits per heavy atom. The van der Waals surface area contributed by atoms with Crippen LogP contribution in [-0.4, -0.2) is 30.6 Å². The Bertz CT molecular complexity index is 775. The van der Waals surface area contributed by atoms with Crippen LogP contribution in [0.25, 0.3) is 10.8 Å². The van der Waals surface area contributed by atoms with Crippen molar-refractivity contribution in [2.24, 2.45) is 5.92 Å². The van der Waals surface area contributed by atoms with E-state index in [-0.39, 0.29) is 22.5 Å². The summed E-state index contributed by atoms with van der Waals surface area (Å²) in [5, 5.41) is 12.7. The quantitative estimate of drug-likeness (QED) is 0.488. The van der Waals surface area contributed by atoms with Crippen LogP contribution in [0, 0.1) is 16.0 Å². The Kier molecular flexibility index (Phi) is 4.64. The van der Waals surface area contributed by atoms with Crippen LogP contribution in [-0.2, 0) is 9.53 Å². The van der Waals surface area contributed by atoms with Gasteiger partial charge in [0, 0.05) is 30.2 Å². The van der Waals surface area contributed by atoms with E-state index in [9.17, 15) is 14.9 Å². The van der Waals surface area contributed by atoms with E-state index < -0.39 is 0 Å². The van der Waals surface area contributed by atoms with E-state index in [2.05, 4.69) is 4.90 Å². The highest BCUT2D eigenvalue weighted by molar-refractivity contribution is 6.00. The highest BCUT2D eigenvalue weighted by atomic mass is 16.6. The highest BCUT2D eigenvalue weighted by Crippen LogP contribution is 2.35. The van der Waals surface area contributed by atoms with Crippen molar-refractivity contribution in [3.63, 3.8) is 0 Å². The molecule has 1 heterocycles. The van der Waals surface area contributed by atoms with Crippen LogP contribution in [0.4, 0.5) is 11.4 Å². The van der Waals surface area contributed by atoms with Crippen LogP contribution in [0.1, 0.15) is 19.8 Å². The predicted octanol–water partition coefficient (Wildman–Crippen LogP) is 3.53. The zero-order valence-electron chi connectivity index (χ0n) is 13.6. The van der Waals surface area contributed by atoms with Gasteiger partial charge in [0.2, 0.25) is 0 Å². The molecule has 1 aliphatic heterocycles. The van der Waals surface area contributed by atoms with Gasteiger partial charge in [-0.25, -0.2) is 0 Å². The zero-order chi connectivity index (χ0) is 17.1. The van der Waals surface area contributed by atoms with Gasteiger partial charge in [-0.3, -0.25) is 14.9 Å². The van der Waals surface area contributed by atoms with Crippen LogP contribution in [0.15, 0.2) is 36.4 Å². The second-order valence-electron chi connectivity index (χ2n) is 5.94. The molecule has 0 saturated carbocycles. The molecule has 6 heteroatoms. The number of benzene rings is 2. The number of nitro benzene ring substituents is 1. The monoisotopic (exact) mass is 328 g/mol. The number of non-ortho nitro benzene ring substituents is 1. The van der Waals surface area contributed by atoms with Crippen LogP contribution >= 0.6 is 0 Å². The molecule has 3 rings (SSSR count). The molecular weight excluding hydrogens is 308 g/mol. The lowest BCUT2D eigenvalue weighted by molar-refractivity contribution is -0.383. The summed E-state index contributed by atoms with van der Waals surface area (Å²) in [5.74, 6) is -0.305. The van der Waals surface area contributed by atoms with Gasteiger partial charge in [-0.1, -0.05) is 18.2 Å². The first-order valence-corrected chi connectivity index (χ1v) is 8.19. The smallest absolute Gasteiger partial charge is 0.310 e. The van der Waals surface area contributed by atoms with Crippen molar-refractivity contribution < 1.29 is 14.5 Å². The van der Waals surface area contributed by atoms with Gasteiger partial charge in [0.1, 0.15) is 0 Å². The Balaban J connectivity index is 1.96. The maximum Gasteiger partial charge on any atom is 0.310 e. The normalized spacial score (nSPS) is 17.7. The molecule has 1 fully saturated rings. The summed E-state index contributed by atoms with van der Waals surface area (Å²) in [6.45, 7) is 3.61. The predicted molar refractivity (Wildman–Crippen MR) is 92.2 cm³/mol. The second-order valence-corrected chi connectivity index (χ2v) is 5.94. The fraction of sp³-hybridized carbons (Fsp3) is 0.389. The summed E-state index contributed by atoms with van der Waals surface area (Å²) in [5.41, 5.74) is 1.04. The van der Waals surface area contributed by atoms with Gasteiger partial charge in [-0.05, 0) is 31.9 Å². The molecule has 1 saturated heterocycles. The van der Waals surface area contributed by atoms with Crippen LogP contribution in [0.3, 0.4) is 0 Å². The molecule has 1 atom stereocenters. The number of hydrogen-bond acceptors (Lipinski definition) is 5. The first kappa shape index (κ1) is 16.2. The van der Waals surface area contributed by atoms with E-state index in [1.54, 1.807) is 24.3 Å². The summed E-state index contributed by atoms with van der Waals surface area (Å²) in [6, 6.07) is 10.7. The van der Waals surface area contributed by atoms with E-state index in [4.69, 9.17) is 4.74 Å². The lowest BCUT2D eigenvalue weighted by atomic mass is 9.96. The third-order valence-electron chi connectivity index (χ3n) is 4.46. The van der Waals surface area contributed by atoms with Crippen LogP contribution in [0.2, 0.25) is 0 Å². The number of carbonyl (C=O) groups is 1. The largest absolute Gasteiger partial charge is 0.466 e. The number of esters is 1. The number of hydrogen-bond donors (Lipinski definition) is 0. The van der Waals surface area contributed by atoms with Gasteiger partial charge in [-0.2, -0.15) is 0 Å². The van der Waals surface area contributed by atoms with Gasteiger partial charge in [0.05, 0.1) is 22.8 Å².